The fourth-order valence-corrected chi connectivity index (χ4v) is 5.98. The normalized spacial score (nSPS) is 29.0. The molecule has 6 atom stereocenters. The zero-order valence-corrected chi connectivity index (χ0v) is 19.0. The highest BCUT2D eigenvalue weighted by atomic mass is 16.4. The number of aromatic carboxylic acids is 1. The third-order valence-electron chi connectivity index (χ3n) is 7.32. The second-order valence-electron chi connectivity index (χ2n) is 9.48. The topological polar surface area (TPSA) is 108 Å². The molecule has 4 heterocycles. The molecule has 1 fully saturated rings. The van der Waals surface area contributed by atoms with Crippen molar-refractivity contribution in [2.45, 2.75) is 65.2 Å². The van der Waals surface area contributed by atoms with Crippen LogP contribution < -0.4 is 15.6 Å². The Bertz CT molecular complexity index is 1060. The van der Waals surface area contributed by atoms with Crippen LogP contribution >= 0.6 is 0 Å². The highest BCUT2D eigenvalue weighted by Gasteiger charge is 2.50. The number of hydrazone groups is 1. The minimum atomic E-state index is -1.01. The molecule has 3 N–H and O–H groups in total. The van der Waals surface area contributed by atoms with E-state index < -0.39 is 5.97 Å². The van der Waals surface area contributed by atoms with E-state index in [4.69, 9.17) is 4.98 Å². The van der Waals surface area contributed by atoms with Crippen LogP contribution in [0.1, 0.15) is 61.5 Å². The van der Waals surface area contributed by atoms with E-state index in [1.54, 1.807) is 0 Å². The first-order chi connectivity index (χ1) is 15.4. The van der Waals surface area contributed by atoms with Gasteiger partial charge in [-0.1, -0.05) is 13.8 Å². The third kappa shape index (κ3) is 3.22. The molecule has 6 unspecified atom stereocenters. The predicted molar refractivity (Wildman–Crippen MR) is 123 cm³/mol. The molecule has 0 amide bonds. The maximum absolute atomic E-state index is 11.8. The molecule has 1 aliphatic carbocycles. The number of nitrogens with one attached hydrogen (secondary N) is 2. The van der Waals surface area contributed by atoms with Gasteiger partial charge in [0.25, 0.3) is 0 Å². The molecule has 0 spiro atoms. The number of carbonyl (C=O) groups is 1. The van der Waals surface area contributed by atoms with Gasteiger partial charge < -0.3 is 15.0 Å². The number of anilines is 2. The van der Waals surface area contributed by atoms with E-state index in [1.807, 2.05) is 31.7 Å². The standard InChI is InChI=1S/C23H31N7O2/c1-5-17-22-29(10-24-17)20-15(8-12(2)9-16(20)21-28-25-11-30(21)22)14(4)27-18-7-6-13(3)26-19(18)23(31)32/h6-7,10-12,14-16,20-21,27-28H,5,8-9H2,1-4H3,(H,31,32). The van der Waals surface area contributed by atoms with E-state index in [0.29, 0.717) is 29.1 Å². The Hall–Kier alpha value is -3.10. The van der Waals surface area contributed by atoms with Crippen LogP contribution in [0.3, 0.4) is 0 Å². The average molecular weight is 438 g/mol. The maximum atomic E-state index is 11.8. The van der Waals surface area contributed by atoms with Crippen LogP contribution in [0.4, 0.5) is 11.5 Å². The van der Waals surface area contributed by atoms with Crippen LogP contribution in [-0.2, 0) is 6.42 Å². The number of hydrogen-bond donors (Lipinski definition) is 3. The molecule has 0 radical (unpaired) electrons. The highest BCUT2D eigenvalue weighted by Crippen LogP contribution is 2.51. The van der Waals surface area contributed by atoms with Crippen molar-refractivity contribution in [3.8, 4) is 0 Å². The smallest absolute Gasteiger partial charge is 0.356 e. The van der Waals surface area contributed by atoms with Crippen molar-refractivity contribution in [1.29, 1.82) is 0 Å². The monoisotopic (exact) mass is 437 g/mol. The zero-order valence-electron chi connectivity index (χ0n) is 19.0. The first kappa shape index (κ1) is 20.8. The first-order valence-corrected chi connectivity index (χ1v) is 11.5. The Morgan fingerprint density at radius 3 is 2.94 bits per heavy atom. The molecular weight excluding hydrogens is 406 g/mol. The van der Waals surface area contributed by atoms with Crippen LogP contribution in [0.25, 0.3) is 0 Å². The second kappa shape index (κ2) is 7.79. The average Bonchev–Trinajstić information content (AvgIpc) is 3.41. The van der Waals surface area contributed by atoms with Gasteiger partial charge in [0, 0.05) is 29.6 Å². The summed E-state index contributed by atoms with van der Waals surface area (Å²) in [4.78, 5) is 23.0. The SMILES string of the molecule is CCc1ncn2c1N1C=NNC1C1CC(C)CC(C(C)Nc3ccc(C)nc3C(=O)O)C12. The van der Waals surface area contributed by atoms with E-state index in [1.165, 1.54) is 0 Å². The van der Waals surface area contributed by atoms with Gasteiger partial charge in [-0.25, -0.2) is 14.8 Å². The van der Waals surface area contributed by atoms with Crippen molar-refractivity contribution in [2.75, 3.05) is 10.2 Å². The Kier molecular flexibility index (Phi) is 5.06. The number of pyridine rings is 1. The van der Waals surface area contributed by atoms with Crippen LogP contribution in [0.15, 0.2) is 23.6 Å². The van der Waals surface area contributed by atoms with Gasteiger partial charge in [-0.15, -0.1) is 0 Å². The maximum Gasteiger partial charge on any atom is 0.356 e. The number of aryl methyl sites for hydroxylation is 2. The van der Waals surface area contributed by atoms with Crippen molar-refractivity contribution in [3.05, 3.63) is 35.5 Å². The number of fused-ring (bicyclic) bond motifs is 6. The molecule has 2 aromatic heterocycles. The summed E-state index contributed by atoms with van der Waals surface area (Å²) in [7, 11) is 0. The molecule has 9 nitrogen and oxygen atoms in total. The van der Waals surface area contributed by atoms with E-state index in [2.05, 4.69) is 51.1 Å². The molecule has 0 aromatic carbocycles. The van der Waals surface area contributed by atoms with Crippen molar-refractivity contribution in [1.82, 2.24) is 20.0 Å². The molecule has 0 saturated heterocycles. The Morgan fingerprint density at radius 1 is 1.38 bits per heavy atom. The lowest BCUT2D eigenvalue weighted by molar-refractivity contribution is 0.0689. The molecular formula is C23H31N7O2. The van der Waals surface area contributed by atoms with Gasteiger partial charge in [0.2, 0.25) is 0 Å². The third-order valence-corrected chi connectivity index (χ3v) is 7.32. The van der Waals surface area contributed by atoms with Crippen molar-refractivity contribution in [3.63, 3.8) is 0 Å². The van der Waals surface area contributed by atoms with Gasteiger partial charge in [0.15, 0.2) is 5.69 Å². The van der Waals surface area contributed by atoms with Crippen molar-refractivity contribution < 1.29 is 9.90 Å². The van der Waals surface area contributed by atoms with Crippen molar-refractivity contribution >= 4 is 23.8 Å². The lowest BCUT2D eigenvalue weighted by atomic mass is 9.67. The number of rotatable bonds is 5. The van der Waals surface area contributed by atoms with Gasteiger partial charge >= 0.3 is 5.97 Å². The summed E-state index contributed by atoms with van der Waals surface area (Å²) in [5, 5.41) is 17.6. The van der Waals surface area contributed by atoms with Gasteiger partial charge in [-0.05, 0) is 51.2 Å². The van der Waals surface area contributed by atoms with E-state index >= 15 is 0 Å². The van der Waals surface area contributed by atoms with Crippen LogP contribution in [0, 0.1) is 24.7 Å². The Labute approximate surface area is 187 Å². The molecule has 2 aromatic rings. The quantitative estimate of drug-likeness (QED) is 0.659. The molecule has 9 heteroatoms. The van der Waals surface area contributed by atoms with Gasteiger partial charge in [0.1, 0.15) is 18.3 Å². The van der Waals surface area contributed by atoms with Gasteiger partial charge in [-0.2, -0.15) is 5.10 Å². The number of carboxylic acid groups (broad SMARTS) is 1. The summed E-state index contributed by atoms with van der Waals surface area (Å²) >= 11 is 0. The lowest BCUT2D eigenvalue weighted by Crippen LogP contribution is -2.56. The zero-order chi connectivity index (χ0) is 22.6. The molecule has 3 aliphatic rings. The molecule has 32 heavy (non-hydrogen) atoms. The number of carboxylic acids is 1. The fourth-order valence-electron chi connectivity index (χ4n) is 5.98. The van der Waals surface area contributed by atoms with Crippen molar-refractivity contribution in [2.24, 2.45) is 22.9 Å². The molecule has 2 aliphatic heterocycles. The minimum absolute atomic E-state index is 0.0575. The summed E-state index contributed by atoms with van der Waals surface area (Å²) in [6.45, 7) is 8.41. The molecule has 5 rings (SSSR count). The van der Waals surface area contributed by atoms with Gasteiger partial charge in [0.05, 0.1) is 17.7 Å². The number of imidazole rings is 1. The summed E-state index contributed by atoms with van der Waals surface area (Å²) in [6, 6.07) is 3.99. The van der Waals surface area contributed by atoms with Crippen LogP contribution in [-0.4, -0.2) is 44.2 Å². The van der Waals surface area contributed by atoms with Crippen LogP contribution in [0.5, 0.6) is 0 Å². The highest BCUT2D eigenvalue weighted by molar-refractivity contribution is 5.92. The molecule has 1 saturated carbocycles. The number of aromatic nitrogens is 3. The molecule has 170 valence electrons. The fraction of sp³-hybridized carbons (Fsp3) is 0.565. The number of nitrogens with zero attached hydrogens (tertiary/aromatic N) is 5. The van der Waals surface area contributed by atoms with E-state index in [9.17, 15) is 9.90 Å². The summed E-state index contributed by atoms with van der Waals surface area (Å²) in [6.07, 6.45) is 7.03. The van der Waals surface area contributed by atoms with E-state index in [-0.39, 0.29) is 23.9 Å². The second-order valence-corrected chi connectivity index (χ2v) is 9.48. The lowest BCUT2D eigenvalue weighted by Gasteiger charge is -2.51. The first-order valence-electron chi connectivity index (χ1n) is 11.5. The van der Waals surface area contributed by atoms with Crippen LogP contribution in [0.2, 0.25) is 0 Å². The van der Waals surface area contributed by atoms with E-state index in [0.717, 1.165) is 30.8 Å². The summed E-state index contributed by atoms with van der Waals surface area (Å²) < 4.78 is 2.35. The minimum Gasteiger partial charge on any atom is -0.476 e. The predicted octanol–water partition coefficient (Wildman–Crippen LogP) is 3.24. The van der Waals surface area contributed by atoms with Gasteiger partial charge in [-0.3, -0.25) is 10.3 Å². The summed E-state index contributed by atoms with van der Waals surface area (Å²) in [5.41, 5.74) is 5.78. The Balaban J connectivity index is 1.52. The Morgan fingerprint density at radius 2 is 2.19 bits per heavy atom. The number of hydrogen-bond acceptors (Lipinski definition) is 7. The summed E-state index contributed by atoms with van der Waals surface area (Å²) in [5.74, 6) is 1.34. The largest absolute Gasteiger partial charge is 0.476 e. The molecule has 0 bridgehead atoms.